The third kappa shape index (κ3) is 5.64. The lowest BCUT2D eigenvalue weighted by molar-refractivity contribution is -0.274. The van der Waals surface area contributed by atoms with Crippen molar-refractivity contribution in [2.24, 2.45) is 4.40 Å². The normalized spacial score (nSPS) is 18.5. The lowest BCUT2D eigenvalue weighted by Gasteiger charge is -2.28. The third-order valence-electron chi connectivity index (χ3n) is 4.40. The summed E-state index contributed by atoms with van der Waals surface area (Å²) in [5.74, 6) is -0.926. The van der Waals surface area contributed by atoms with E-state index in [0.717, 1.165) is 12.1 Å². The van der Waals surface area contributed by atoms with Gasteiger partial charge in [-0.3, -0.25) is 4.98 Å². The van der Waals surface area contributed by atoms with Crippen molar-refractivity contribution in [3.8, 4) is 11.5 Å². The van der Waals surface area contributed by atoms with Crippen LogP contribution in [0.15, 0.2) is 40.9 Å². The van der Waals surface area contributed by atoms with Crippen LogP contribution in [-0.4, -0.2) is 39.1 Å². The third-order valence-corrected chi connectivity index (χ3v) is 5.83. The number of hydrogen-bond acceptors (Lipinski definition) is 6. The molecule has 1 aromatic carbocycles. The van der Waals surface area contributed by atoms with Gasteiger partial charge in [0.15, 0.2) is 0 Å². The molecule has 0 radical (unpaired) electrons. The molecule has 1 aliphatic heterocycles. The van der Waals surface area contributed by atoms with Gasteiger partial charge < -0.3 is 14.2 Å². The largest absolute Gasteiger partial charge is 0.573 e. The minimum Gasteiger partial charge on any atom is -0.483 e. The summed E-state index contributed by atoms with van der Waals surface area (Å²) in [4.78, 5) is 15.9. The number of aromatic nitrogens is 1. The fraction of sp³-hybridized carbons (Fsp3) is 0.381. The number of carbonyl (C=O) groups excluding carboxylic acids is 1. The van der Waals surface area contributed by atoms with E-state index >= 15 is 0 Å². The molecule has 0 fully saturated rings. The highest BCUT2D eigenvalue weighted by Gasteiger charge is 2.33. The summed E-state index contributed by atoms with van der Waals surface area (Å²) < 4.78 is 68.8. The van der Waals surface area contributed by atoms with Crippen molar-refractivity contribution in [1.82, 2.24) is 4.98 Å². The summed E-state index contributed by atoms with van der Waals surface area (Å²) in [7, 11) is -0.360. The van der Waals surface area contributed by atoms with Gasteiger partial charge in [0.1, 0.15) is 28.6 Å². The van der Waals surface area contributed by atoms with E-state index in [-0.39, 0.29) is 17.7 Å². The van der Waals surface area contributed by atoms with Crippen LogP contribution in [0.5, 0.6) is 11.5 Å². The molecule has 2 heterocycles. The highest BCUT2D eigenvalue weighted by atomic mass is 32.2. The van der Waals surface area contributed by atoms with Gasteiger partial charge in [-0.1, -0.05) is 0 Å². The molecule has 0 saturated heterocycles. The maximum Gasteiger partial charge on any atom is 0.573 e. The Labute approximate surface area is 185 Å². The molecular weight excluding hydrogens is 449 g/mol. The van der Waals surface area contributed by atoms with Crippen molar-refractivity contribution in [2.75, 3.05) is 7.11 Å². The Morgan fingerprint density at radius 2 is 1.94 bits per heavy atom. The molecule has 1 aliphatic rings. The molecule has 0 N–H and O–H groups in total. The summed E-state index contributed by atoms with van der Waals surface area (Å²) in [6.45, 7) is 5.29. The summed E-state index contributed by atoms with van der Waals surface area (Å²) in [6.07, 6.45) is -4.10. The molecule has 2 aromatic rings. The molecule has 0 amide bonds. The number of fused-ring (bicyclic) bond motifs is 1. The highest BCUT2D eigenvalue weighted by molar-refractivity contribution is 7.85. The molecule has 0 spiro atoms. The average Bonchev–Trinajstić information content (AvgIpc) is 2.71. The molecule has 0 unspecified atom stereocenters. The number of methoxy groups -OCH3 is 1. The fourth-order valence-electron chi connectivity index (χ4n) is 2.84. The fourth-order valence-corrected chi connectivity index (χ4v) is 3.49. The van der Waals surface area contributed by atoms with Gasteiger partial charge in [-0.2, -0.15) is 4.40 Å². The van der Waals surface area contributed by atoms with Crippen LogP contribution in [0.3, 0.4) is 0 Å². The first-order chi connectivity index (χ1) is 14.9. The zero-order chi connectivity index (χ0) is 23.7. The Bertz CT molecular complexity index is 1060. The topological polar surface area (TPSA) is 87.1 Å². The first-order valence-corrected chi connectivity index (χ1v) is 10.6. The van der Waals surface area contributed by atoms with Gasteiger partial charge >= 0.3 is 12.3 Å². The van der Waals surface area contributed by atoms with E-state index in [1.165, 1.54) is 25.4 Å². The quantitative estimate of drug-likeness (QED) is 0.610. The molecule has 0 bridgehead atoms. The predicted molar refractivity (Wildman–Crippen MR) is 111 cm³/mol. The maximum absolute atomic E-state index is 12.7. The van der Waals surface area contributed by atoms with Crippen LogP contribution >= 0.6 is 0 Å². The molecule has 172 valence electrons. The van der Waals surface area contributed by atoms with Crippen molar-refractivity contribution in [3.63, 3.8) is 0 Å². The Morgan fingerprint density at radius 3 is 2.50 bits per heavy atom. The number of carbonyl (C=O) groups is 1. The molecule has 3 rings (SSSR count). The van der Waals surface area contributed by atoms with Crippen LogP contribution in [0.2, 0.25) is 0 Å². The van der Waals surface area contributed by atoms with Gasteiger partial charge in [0.25, 0.3) is 0 Å². The lowest BCUT2D eigenvalue weighted by atomic mass is 9.97. The molecular formula is C21H21F3N2O5S. The number of alkyl halides is 3. The van der Waals surface area contributed by atoms with E-state index in [4.69, 9.17) is 4.74 Å². The van der Waals surface area contributed by atoms with Crippen molar-refractivity contribution < 1.29 is 36.4 Å². The number of pyridine rings is 1. The molecule has 2 atom stereocenters. The van der Waals surface area contributed by atoms with E-state index in [9.17, 15) is 22.2 Å². The molecule has 11 heteroatoms. The van der Waals surface area contributed by atoms with Crippen LogP contribution in [0.1, 0.15) is 54.9 Å². The van der Waals surface area contributed by atoms with E-state index in [2.05, 4.69) is 18.9 Å². The van der Waals surface area contributed by atoms with Gasteiger partial charge in [0, 0.05) is 24.2 Å². The van der Waals surface area contributed by atoms with E-state index < -0.39 is 39.9 Å². The number of rotatable bonds is 4. The lowest BCUT2D eigenvalue weighted by Crippen LogP contribution is -2.26. The van der Waals surface area contributed by atoms with Crippen molar-refractivity contribution in [3.05, 3.63) is 53.3 Å². The SMILES string of the molecule is COC(=O)c1ccc([C@H]2C/C(=N\[S@@](=O)C(C)(C)C)c3ccc(OC(F)(F)F)cc3O2)nc1. The number of esters is 1. The van der Waals surface area contributed by atoms with E-state index in [0.29, 0.717) is 17.0 Å². The summed E-state index contributed by atoms with van der Waals surface area (Å²) in [5.41, 5.74) is 1.47. The van der Waals surface area contributed by atoms with Crippen molar-refractivity contribution in [1.29, 1.82) is 0 Å². The van der Waals surface area contributed by atoms with Gasteiger partial charge in [0.05, 0.1) is 28.8 Å². The number of nitrogens with zero attached hydrogens (tertiary/aromatic N) is 2. The van der Waals surface area contributed by atoms with Gasteiger partial charge in [-0.15, -0.1) is 13.2 Å². The number of ether oxygens (including phenoxy) is 3. The molecule has 0 aliphatic carbocycles. The zero-order valence-corrected chi connectivity index (χ0v) is 18.5. The number of halogens is 3. The summed E-state index contributed by atoms with van der Waals surface area (Å²) >= 11 is 0. The van der Waals surface area contributed by atoms with Crippen LogP contribution in [0.4, 0.5) is 13.2 Å². The average molecular weight is 470 g/mol. The Balaban J connectivity index is 2.01. The second kappa shape index (κ2) is 8.89. The Hall–Kier alpha value is -2.95. The predicted octanol–water partition coefficient (Wildman–Crippen LogP) is 4.54. The first kappa shape index (κ1) is 23.7. The van der Waals surface area contributed by atoms with Crippen LogP contribution in [0, 0.1) is 0 Å². The second-order valence-corrected chi connectivity index (χ2v) is 9.78. The van der Waals surface area contributed by atoms with E-state index in [1.807, 2.05) is 0 Å². The number of hydrogen-bond donors (Lipinski definition) is 0. The van der Waals surface area contributed by atoms with Gasteiger partial charge in [-0.25, -0.2) is 9.00 Å². The van der Waals surface area contributed by atoms with Gasteiger partial charge in [-0.05, 0) is 45.0 Å². The minimum absolute atomic E-state index is 0.0894. The van der Waals surface area contributed by atoms with Gasteiger partial charge in [0.2, 0.25) is 0 Å². The molecule has 1 aromatic heterocycles. The first-order valence-electron chi connectivity index (χ1n) is 9.48. The Kier molecular flexibility index (Phi) is 6.59. The smallest absolute Gasteiger partial charge is 0.483 e. The molecule has 0 saturated carbocycles. The minimum atomic E-state index is -4.86. The standard InChI is InChI=1S/C21H21F3N2O5S/c1-20(2,3)32(28)26-16-10-18(15-8-5-12(11-25-15)19(27)29-4)30-17-9-13(6-7-14(16)17)31-21(22,23)24/h5-9,11,18H,10H2,1-4H3/b26-16+/t18-,32+/m1/s1. The molecule has 32 heavy (non-hydrogen) atoms. The molecule has 7 nitrogen and oxygen atoms in total. The zero-order valence-electron chi connectivity index (χ0n) is 17.7. The van der Waals surface area contributed by atoms with Crippen molar-refractivity contribution >= 4 is 22.7 Å². The van der Waals surface area contributed by atoms with Crippen LogP contribution in [0.25, 0.3) is 0 Å². The maximum atomic E-state index is 12.7. The van der Waals surface area contributed by atoms with E-state index in [1.54, 1.807) is 26.8 Å². The summed E-state index contributed by atoms with van der Waals surface area (Å²) in [6, 6.07) is 6.69. The van der Waals surface area contributed by atoms with Crippen LogP contribution in [-0.2, 0) is 15.7 Å². The summed E-state index contributed by atoms with van der Waals surface area (Å²) in [5, 5.41) is 0. The number of benzene rings is 1. The van der Waals surface area contributed by atoms with Crippen LogP contribution < -0.4 is 9.47 Å². The highest BCUT2D eigenvalue weighted by Crippen LogP contribution is 2.38. The monoisotopic (exact) mass is 470 g/mol. The second-order valence-electron chi connectivity index (χ2n) is 7.88. The Morgan fingerprint density at radius 1 is 1.22 bits per heavy atom. The van der Waals surface area contributed by atoms with Crippen molar-refractivity contribution in [2.45, 2.75) is 44.4 Å².